The minimum atomic E-state index is -0.260. The van der Waals surface area contributed by atoms with Gasteiger partial charge in [0.05, 0.1) is 13.2 Å². The van der Waals surface area contributed by atoms with Crippen molar-refractivity contribution in [1.82, 2.24) is 20.8 Å². The number of nitrogens with one attached hydrogen (secondary N) is 2. The number of ether oxygens (including phenoxy) is 1. The normalized spacial score (nSPS) is 10.4. The molecule has 24 heavy (non-hydrogen) atoms. The molecule has 0 radical (unpaired) electrons. The molecule has 0 aliphatic rings. The molecule has 0 saturated carbocycles. The smallest absolute Gasteiger partial charge is 0.247 e. The first kappa shape index (κ1) is 17.6. The summed E-state index contributed by atoms with van der Waals surface area (Å²) < 4.78 is 10.3. The minimum absolute atomic E-state index is 0.0678. The summed E-state index contributed by atoms with van der Waals surface area (Å²) in [7, 11) is 1.55. The highest BCUT2D eigenvalue weighted by Gasteiger charge is 2.11. The van der Waals surface area contributed by atoms with Crippen molar-refractivity contribution in [1.29, 1.82) is 0 Å². The molecule has 0 atom stereocenters. The van der Waals surface area contributed by atoms with Crippen LogP contribution in [-0.4, -0.2) is 48.8 Å². The van der Waals surface area contributed by atoms with Gasteiger partial charge in [0.25, 0.3) is 0 Å². The van der Waals surface area contributed by atoms with Crippen molar-refractivity contribution < 1.29 is 18.7 Å². The Hall–Kier alpha value is -2.74. The topological polar surface area (TPSA) is 106 Å². The zero-order valence-electron chi connectivity index (χ0n) is 13.4. The number of rotatable bonds is 9. The molecule has 1 aromatic carbocycles. The Bertz CT molecular complexity index is 657. The standard InChI is InChI=1S/C16H20N4O4/c1-23-10-9-17-14(22)11-18-13(21)7-8-15-19-20-16(24-15)12-5-3-2-4-6-12/h2-6H,7-11H2,1H3,(H,17,22)(H,18,21). The van der Waals surface area contributed by atoms with Crippen LogP contribution in [0.25, 0.3) is 11.5 Å². The molecule has 1 heterocycles. The van der Waals surface area contributed by atoms with Crippen molar-refractivity contribution in [2.24, 2.45) is 0 Å². The van der Waals surface area contributed by atoms with E-state index in [0.29, 0.717) is 31.4 Å². The molecule has 0 unspecified atom stereocenters. The van der Waals surface area contributed by atoms with Crippen molar-refractivity contribution in [3.8, 4) is 11.5 Å². The molecule has 2 amide bonds. The van der Waals surface area contributed by atoms with E-state index in [4.69, 9.17) is 9.15 Å². The number of carbonyl (C=O) groups excluding carboxylic acids is 2. The zero-order chi connectivity index (χ0) is 17.2. The van der Waals surface area contributed by atoms with Crippen molar-refractivity contribution in [2.75, 3.05) is 26.8 Å². The fourth-order valence-electron chi connectivity index (χ4n) is 1.89. The molecule has 0 aliphatic heterocycles. The van der Waals surface area contributed by atoms with E-state index in [2.05, 4.69) is 20.8 Å². The summed E-state index contributed by atoms with van der Waals surface area (Å²) in [6.45, 7) is 0.775. The molecule has 1 aromatic heterocycles. The largest absolute Gasteiger partial charge is 0.421 e. The van der Waals surface area contributed by atoms with Gasteiger partial charge in [-0.05, 0) is 12.1 Å². The number of amides is 2. The van der Waals surface area contributed by atoms with Crippen molar-refractivity contribution >= 4 is 11.8 Å². The van der Waals surface area contributed by atoms with Crippen LogP contribution >= 0.6 is 0 Å². The second kappa shape index (κ2) is 9.41. The highest BCUT2D eigenvalue weighted by atomic mass is 16.5. The number of carbonyl (C=O) groups is 2. The van der Waals surface area contributed by atoms with Crippen LogP contribution in [0.1, 0.15) is 12.3 Å². The number of nitrogens with zero attached hydrogens (tertiary/aromatic N) is 2. The number of aryl methyl sites for hydroxylation is 1. The lowest BCUT2D eigenvalue weighted by atomic mass is 10.2. The lowest BCUT2D eigenvalue weighted by Crippen LogP contribution is -2.38. The molecular formula is C16H20N4O4. The van der Waals surface area contributed by atoms with Gasteiger partial charge in [0.2, 0.25) is 23.6 Å². The molecule has 2 rings (SSSR count). The summed E-state index contributed by atoms with van der Waals surface area (Å²) in [6, 6.07) is 9.39. The van der Waals surface area contributed by atoms with E-state index < -0.39 is 0 Å². The van der Waals surface area contributed by atoms with Crippen molar-refractivity contribution in [3.05, 3.63) is 36.2 Å². The SMILES string of the molecule is COCCNC(=O)CNC(=O)CCc1nnc(-c2ccccc2)o1. The van der Waals surface area contributed by atoms with E-state index in [0.717, 1.165) is 5.56 Å². The first-order valence-electron chi connectivity index (χ1n) is 7.59. The van der Waals surface area contributed by atoms with Crippen LogP contribution in [0, 0.1) is 0 Å². The summed E-state index contributed by atoms with van der Waals surface area (Å²) in [4.78, 5) is 23.2. The molecule has 8 nitrogen and oxygen atoms in total. The van der Waals surface area contributed by atoms with E-state index in [1.807, 2.05) is 30.3 Å². The number of benzene rings is 1. The summed E-state index contributed by atoms with van der Waals surface area (Å²) in [5.74, 6) is 0.290. The Labute approximate surface area is 139 Å². The van der Waals surface area contributed by atoms with Gasteiger partial charge in [-0.2, -0.15) is 0 Å². The summed E-state index contributed by atoms with van der Waals surface area (Å²) >= 11 is 0. The quantitative estimate of drug-likeness (QED) is 0.650. The number of methoxy groups -OCH3 is 1. The van der Waals surface area contributed by atoms with Gasteiger partial charge < -0.3 is 19.8 Å². The van der Waals surface area contributed by atoms with Crippen molar-refractivity contribution in [2.45, 2.75) is 12.8 Å². The molecule has 0 spiro atoms. The second-order valence-electron chi connectivity index (χ2n) is 4.99. The van der Waals surface area contributed by atoms with E-state index in [1.54, 1.807) is 7.11 Å². The molecule has 2 aromatic rings. The van der Waals surface area contributed by atoms with Crippen LogP contribution in [0.3, 0.4) is 0 Å². The molecule has 8 heteroatoms. The molecule has 0 aliphatic carbocycles. The molecule has 0 saturated heterocycles. The first-order valence-corrected chi connectivity index (χ1v) is 7.59. The maximum atomic E-state index is 11.7. The highest BCUT2D eigenvalue weighted by molar-refractivity contribution is 5.84. The average molecular weight is 332 g/mol. The fourth-order valence-corrected chi connectivity index (χ4v) is 1.89. The van der Waals surface area contributed by atoms with Crippen LogP contribution in [-0.2, 0) is 20.7 Å². The maximum Gasteiger partial charge on any atom is 0.247 e. The number of hydrogen-bond acceptors (Lipinski definition) is 6. The summed E-state index contributed by atoms with van der Waals surface area (Å²) in [6.07, 6.45) is 0.485. The fraction of sp³-hybridized carbons (Fsp3) is 0.375. The van der Waals surface area contributed by atoms with Crippen LogP contribution in [0.5, 0.6) is 0 Å². The van der Waals surface area contributed by atoms with Gasteiger partial charge in [0, 0.05) is 32.1 Å². The third-order valence-electron chi connectivity index (χ3n) is 3.13. The third-order valence-corrected chi connectivity index (χ3v) is 3.13. The Morgan fingerprint density at radius 1 is 1.12 bits per heavy atom. The Balaban J connectivity index is 1.71. The van der Waals surface area contributed by atoms with E-state index in [-0.39, 0.29) is 24.8 Å². The van der Waals surface area contributed by atoms with Gasteiger partial charge in [-0.3, -0.25) is 9.59 Å². The van der Waals surface area contributed by atoms with Crippen LogP contribution < -0.4 is 10.6 Å². The number of hydrogen-bond donors (Lipinski definition) is 2. The van der Waals surface area contributed by atoms with Crippen LogP contribution in [0.4, 0.5) is 0 Å². The van der Waals surface area contributed by atoms with Crippen LogP contribution in [0.2, 0.25) is 0 Å². The monoisotopic (exact) mass is 332 g/mol. The Morgan fingerprint density at radius 3 is 2.67 bits per heavy atom. The highest BCUT2D eigenvalue weighted by Crippen LogP contribution is 2.17. The lowest BCUT2D eigenvalue weighted by molar-refractivity contribution is -0.126. The molecule has 0 bridgehead atoms. The van der Waals surface area contributed by atoms with E-state index in [9.17, 15) is 9.59 Å². The van der Waals surface area contributed by atoms with Gasteiger partial charge in [0.1, 0.15) is 0 Å². The molecule has 2 N–H and O–H groups in total. The predicted octanol–water partition coefficient (Wildman–Crippen LogP) is 0.548. The van der Waals surface area contributed by atoms with Gasteiger partial charge in [0.15, 0.2) is 0 Å². The molecule has 128 valence electrons. The average Bonchev–Trinajstić information content (AvgIpc) is 3.08. The van der Waals surface area contributed by atoms with Gasteiger partial charge in [-0.15, -0.1) is 10.2 Å². The minimum Gasteiger partial charge on any atom is -0.421 e. The second-order valence-corrected chi connectivity index (χ2v) is 4.99. The molecular weight excluding hydrogens is 312 g/mol. The Morgan fingerprint density at radius 2 is 1.92 bits per heavy atom. The predicted molar refractivity (Wildman–Crippen MR) is 86.0 cm³/mol. The van der Waals surface area contributed by atoms with E-state index >= 15 is 0 Å². The first-order chi connectivity index (χ1) is 11.7. The van der Waals surface area contributed by atoms with Gasteiger partial charge in [-0.1, -0.05) is 18.2 Å². The van der Waals surface area contributed by atoms with Gasteiger partial charge in [-0.25, -0.2) is 0 Å². The summed E-state index contributed by atoms with van der Waals surface area (Å²) in [5.41, 5.74) is 0.827. The number of aromatic nitrogens is 2. The molecule has 0 fully saturated rings. The summed E-state index contributed by atoms with van der Waals surface area (Å²) in [5, 5.41) is 13.0. The van der Waals surface area contributed by atoms with Crippen molar-refractivity contribution in [3.63, 3.8) is 0 Å². The Kier molecular flexibility index (Phi) is 6.91. The lowest BCUT2D eigenvalue weighted by Gasteiger charge is -2.05. The maximum absolute atomic E-state index is 11.7. The third kappa shape index (κ3) is 5.81. The van der Waals surface area contributed by atoms with E-state index in [1.165, 1.54) is 0 Å². The zero-order valence-corrected chi connectivity index (χ0v) is 13.4. The van der Waals surface area contributed by atoms with Gasteiger partial charge >= 0.3 is 0 Å². The van der Waals surface area contributed by atoms with Crippen LogP contribution in [0.15, 0.2) is 34.7 Å².